The van der Waals surface area contributed by atoms with Crippen molar-refractivity contribution in [3.05, 3.63) is 11.6 Å². The van der Waals surface area contributed by atoms with Gasteiger partial charge in [-0.15, -0.1) is 0 Å². The number of aliphatic imine (C=N–C) groups is 1. The second-order valence-electron chi connectivity index (χ2n) is 6.47. The van der Waals surface area contributed by atoms with E-state index in [1.165, 1.54) is 25.7 Å². The van der Waals surface area contributed by atoms with Crippen LogP contribution in [0, 0.1) is 5.92 Å². The van der Waals surface area contributed by atoms with E-state index in [4.69, 9.17) is 4.74 Å². The lowest BCUT2D eigenvalue weighted by Crippen LogP contribution is -2.40. The van der Waals surface area contributed by atoms with Crippen molar-refractivity contribution in [2.75, 3.05) is 19.8 Å². The van der Waals surface area contributed by atoms with Crippen LogP contribution in [0.5, 0.6) is 0 Å². The van der Waals surface area contributed by atoms with Gasteiger partial charge in [-0.3, -0.25) is 9.79 Å². The first-order chi connectivity index (χ1) is 10.7. The van der Waals surface area contributed by atoms with Crippen LogP contribution >= 0.6 is 0 Å². The van der Waals surface area contributed by atoms with E-state index in [-0.39, 0.29) is 11.9 Å². The Kier molecular flexibility index (Phi) is 7.10. The number of nitrogens with one attached hydrogen (secondary N) is 1. The molecule has 1 amide bonds. The maximum atomic E-state index is 12.4. The van der Waals surface area contributed by atoms with Gasteiger partial charge in [0.1, 0.15) is 0 Å². The summed E-state index contributed by atoms with van der Waals surface area (Å²) >= 11 is 0. The van der Waals surface area contributed by atoms with Crippen LogP contribution < -0.4 is 5.32 Å². The second-order valence-corrected chi connectivity index (χ2v) is 6.47. The summed E-state index contributed by atoms with van der Waals surface area (Å²) in [6.45, 7) is 6.19. The minimum absolute atomic E-state index is 0.0107. The largest absolute Gasteiger partial charge is 0.381 e. The average Bonchev–Trinajstić information content (AvgIpc) is 3.02. The first-order valence-electron chi connectivity index (χ1n) is 8.77. The van der Waals surface area contributed by atoms with Crippen molar-refractivity contribution in [1.82, 2.24) is 5.32 Å². The van der Waals surface area contributed by atoms with Crippen LogP contribution in [0.25, 0.3) is 0 Å². The topological polar surface area (TPSA) is 50.7 Å². The molecule has 0 unspecified atom stereocenters. The zero-order chi connectivity index (χ0) is 15.8. The van der Waals surface area contributed by atoms with Crippen LogP contribution in [0.2, 0.25) is 0 Å². The molecule has 1 aliphatic carbocycles. The van der Waals surface area contributed by atoms with Crippen LogP contribution in [-0.2, 0) is 9.53 Å². The Bertz CT molecular complexity index is 417. The van der Waals surface area contributed by atoms with Gasteiger partial charge in [0.05, 0.1) is 5.57 Å². The fourth-order valence-electron chi connectivity index (χ4n) is 3.41. The Morgan fingerprint density at radius 3 is 2.55 bits per heavy atom. The van der Waals surface area contributed by atoms with Crippen molar-refractivity contribution in [1.29, 1.82) is 0 Å². The summed E-state index contributed by atoms with van der Waals surface area (Å²) in [6.07, 6.45) is 10.3. The zero-order valence-electron chi connectivity index (χ0n) is 14.1. The first kappa shape index (κ1) is 17.2. The van der Waals surface area contributed by atoms with E-state index in [0.29, 0.717) is 0 Å². The molecule has 4 heteroatoms. The highest BCUT2D eigenvalue weighted by Crippen LogP contribution is 2.27. The fourth-order valence-corrected chi connectivity index (χ4v) is 3.41. The number of ether oxygens (including phenoxy) is 1. The quantitative estimate of drug-likeness (QED) is 0.605. The third-order valence-corrected chi connectivity index (χ3v) is 4.84. The monoisotopic (exact) mass is 306 g/mol. The lowest BCUT2D eigenvalue weighted by Gasteiger charge is -2.23. The maximum Gasteiger partial charge on any atom is 0.252 e. The Labute approximate surface area is 134 Å². The van der Waals surface area contributed by atoms with Gasteiger partial charge in [-0.05, 0) is 39.0 Å². The highest BCUT2D eigenvalue weighted by Gasteiger charge is 2.19. The summed E-state index contributed by atoms with van der Waals surface area (Å²) < 4.78 is 5.33. The zero-order valence-corrected chi connectivity index (χ0v) is 14.1. The van der Waals surface area contributed by atoms with Gasteiger partial charge in [-0.25, -0.2) is 0 Å². The van der Waals surface area contributed by atoms with Crippen molar-refractivity contribution in [3.8, 4) is 0 Å². The van der Waals surface area contributed by atoms with E-state index in [0.717, 1.165) is 56.2 Å². The lowest BCUT2D eigenvalue weighted by molar-refractivity contribution is -0.118. The van der Waals surface area contributed by atoms with E-state index in [2.05, 4.69) is 10.3 Å². The van der Waals surface area contributed by atoms with Gasteiger partial charge in [0.2, 0.25) is 0 Å². The number of nitrogens with zero attached hydrogens (tertiary/aromatic N) is 1. The molecule has 1 saturated heterocycles. The molecule has 0 radical (unpaired) electrons. The first-order valence-corrected chi connectivity index (χ1v) is 8.77. The molecular weight excluding hydrogens is 276 g/mol. The maximum absolute atomic E-state index is 12.4. The molecule has 0 spiro atoms. The molecule has 2 rings (SSSR count). The number of rotatable bonds is 6. The summed E-state index contributed by atoms with van der Waals surface area (Å²) in [5.41, 5.74) is 1.59. The average molecular weight is 306 g/mol. The van der Waals surface area contributed by atoms with Crippen molar-refractivity contribution < 1.29 is 9.53 Å². The predicted octanol–water partition coefficient (Wildman–Crippen LogP) is 3.27. The Morgan fingerprint density at radius 1 is 1.23 bits per heavy atom. The molecule has 0 bridgehead atoms. The smallest absolute Gasteiger partial charge is 0.252 e. The molecule has 4 nitrogen and oxygen atoms in total. The van der Waals surface area contributed by atoms with Crippen molar-refractivity contribution >= 4 is 11.6 Å². The van der Waals surface area contributed by atoms with Crippen molar-refractivity contribution in [2.24, 2.45) is 10.9 Å². The third kappa shape index (κ3) is 5.24. The number of carbonyl (C=O) groups is 1. The van der Waals surface area contributed by atoms with Gasteiger partial charge in [0.25, 0.3) is 5.91 Å². The molecule has 1 heterocycles. The molecule has 0 atom stereocenters. The number of hydrogen-bond donors (Lipinski definition) is 1. The molecule has 1 N–H and O–H groups in total. The molecule has 22 heavy (non-hydrogen) atoms. The minimum atomic E-state index is 0.0107. The number of hydrogen-bond acceptors (Lipinski definition) is 3. The molecule has 2 aliphatic rings. The van der Waals surface area contributed by atoms with Crippen molar-refractivity contribution in [2.45, 2.75) is 64.8 Å². The van der Waals surface area contributed by atoms with Gasteiger partial charge < -0.3 is 10.1 Å². The Hall–Kier alpha value is -1.16. The third-order valence-electron chi connectivity index (χ3n) is 4.84. The Balaban J connectivity index is 1.81. The number of carbonyl (C=O) groups excluding carboxylic acids is 1. The molecule has 0 aromatic rings. The van der Waals surface area contributed by atoms with E-state index < -0.39 is 0 Å². The summed E-state index contributed by atoms with van der Waals surface area (Å²) in [7, 11) is 0. The van der Waals surface area contributed by atoms with Crippen LogP contribution in [0.1, 0.15) is 58.8 Å². The summed E-state index contributed by atoms with van der Waals surface area (Å²) in [5, 5.41) is 3.11. The van der Waals surface area contributed by atoms with Gasteiger partial charge in [-0.2, -0.15) is 0 Å². The summed E-state index contributed by atoms with van der Waals surface area (Å²) in [4.78, 5) is 17.0. The van der Waals surface area contributed by atoms with Gasteiger partial charge in [0, 0.05) is 31.5 Å². The number of amides is 1. The summed E-state index contributed by atoms with van der Waals surface area (Å²) in [5.74, 6) is 0.859. The standard InChI is InChI=1S/C18H30N2O2/c1-3-17(18(21)20-16-9-12-22-13-10-16)14(2)19-11-8-15-6-4-5-7-15/h3,15-16H,4-13H2,1-2H3,(H,20,21)/b17-3+,19-14?. The number of allylic oxidation sites excluding steroid dienone is 1. The Morgan fingerprint density at radius 2 is 1.91 bits per heavy atom. The molecule has 124 valence electrons. The second kappa shape index (κ2) is 9.09. The van der Waals surface area contributed by atoms with Gasteiger partial charge in [-0.1, -0.05) is 31.8 Å². The highest BCUT2D eigenvalue weighted by atomic mass is 16.5. The predicted molar refractivity (Wildman–Crippen MR) is 90.3 cm³/mol. The molecule has 0 aromatic carbocycles. The summed E-state index contributed by atoms with van der Waals surface area (Å²) in [6, 6.07) is 0.238. The van der Waals surface area contributed by atoms with Crippen LogP contribution in [0.3, 0.4) is 0 Å². The normalized spacial score (nSPS) is 22.1. The van der Waals surface area contributed by atoms with E-state index in [9.17, 15) is 4.79 Å². The minimum Gasteiger partial charge on any atom is -0.381 e. The molecule has 1 saturated carbocycles. The van der Waals surface area contributed by atoms with E-state index >= 15 is 0 Å². The van der Waals surface area contributed by atoms with Gasteiger partial charge in [0.15, 0.2) is 0 Å². The van der Waals surface area contributed by atoms with Gasteiger partial charge >= 0.3 is 0 Å². The molecule has 2 fully saturated rings. The lowest BCUT2D eigenvalue weighted by atomic mass is 10.0. The molecule has 1 aliphatic heterocycles. The van der Waals surface area contributed by atoms with Crippen LogP contribution in [0.4, 0.5) is 0 Å². The van der Waals surface area contributed by atoms with Crippen molar-refractivity contribution in [3.63, 3.8) is 0 Å². The van der Waals surface area contributed by atoms with E-state index in [1.807, 2.05) is 19.9 Å². The highest BCUT2D eigenvalue weighted by molar-refractivity contribution is 6.20. The fraction of sp³-hybridized carbons (Fsp3) is 0.778. The van der Waals surface area contributed by atoms with Crippen LogP contribution in [0.15, 0.2) is 16.6 Å². The molecular formula is C18H30N2O2. The SMILES string of the molecule is C/C=C(/C(=O)NC1CCOCC1)C(C)=NCCC1CCCC1. The van der Waals surface area contributed by atoms with E-state index in [1.54, 1.807) is 0 Å². The van der Waals surface area contributed by atoms with Crippen LogP contribution in [-0.4, -0.2) is 37.4 Å². The molecule has 0 aromatic heterocycles.